The van der Waals surface area contributed by atoms with Gasteiger partial charge < -0.3 is 10.5 Å². The van der Waals surface area contributed by atoms with E-state index in [-0.39, 0.29) is 0 Å². The molecule has 1 aromatic carbocycles. The highest BCUT2D eigenvalue weighted by molar-refractivity contribution is 7.15. The highest BCUT2D eigenvalue weighted by atomic mass is 32.1. The topological polar surface area (TPSA) is 51.4 Å². The zero-order valence-electron chi connectivity index (χ0n) is 10.7. The van der Waals surface area contributed by atoms with Crippen molar-refractivity contribution in [2.45, 2.75) is 6.54 Å². The minimum absolute atomic E-state index is 0.641. The molecule has 2 N–H and O–H groups in total. The number of nitrogens with two attached hydrogens (primary N) is 1. The number of morpholine rings is 1. The Labute approximate surface area is 116 Å². The van der Waals surface area contributed by atoms with Crippen LogP contribution in [0.25, 0.3) is 11.3 Å². The minimum atomic E-state index is 0.641. The van der Waals surface area contributed by atoms with Crippen molar-refractivity contribution in [2.24, 2.45) is 0 Å². The molecule has 0 spiro atoms. The summed E-state index contributed by atoms with van der Waals surface area (Å²) in [6.07, 6.45) is 0. The van der Waals surface area contributed by atoms with Gasteiger partial charge in [0.25, 0.3) is 0 Å². The Balaban J connectivity index is 1.85. The van der Waals surface area contributed by atoms with Gasteiger partial charge in [-0.1, -0.05) is 30.3 Å². The molecule has 19 heavy (non-hydrogen) atoms. The van der Waals surface area contributed by atoms with Gasteiger partial charge in [0.1, 0.15) is 0 Å². The first-order valence-electron chi connectivity index (χ1n) is 6.43. The predicted molar refractivity (Wildman–Crippen MR) is 78.1 cm³/mol. The van der Waals surface area contributed by atoms with E-state index in [4.69, 9.17) is 10.5 Å². The van der Waals surface area contributed by atoms with Crippen LogP contribution >= 0.6 is 11.3 Å². The quantitative estimate of drug-likeness (QED) is 0.933. The Morgan fingerprint density at radius 2 is 1.95 bits per heavy atom. The van der Waals surface area contributed by atoms with Gasteiger partial charge in [-0.15, -0.1) is 11.3 Å². The predicted octanol–water partition coefficient (Wildman–Crippen LogP) is 2.22. The third-order valence-electron chi connectivity index (χ3n) is 3.23. The van der Waals surface area contributed by atoms with E-state index in [1.807, 2.05) is 18.2 Å². The second kappa shape index (κ2) is 5.69. The molecule has 1 aromatic heterocycles. The van der Waals surface area contributed by atoms with E-state index in [0.717, 1.165) is 44.1 Å². The number of hydrogen-bond donors (Lipinski definition) is 1. The van der Waals surface area contributed by atoms with Crippen molar-refractivity contribution in [1.82, 2.24) is 9.88 Å². The molecule has 2 heterocycles. The highest BCUT2D eigenvalue weighted by Gasteiger charge is 2.17. The van der Waals surface area contributed by atoms with Crippen LogP contribution in [-0.4, -0.2) is 36.2 Å². The molecule has 0 saturated carbocycles. The second-order valence-corrected chi connectivity index (χ2v) is 5.69. The number of ether oxygens (including phenoxy) is 1. The fourth-order valence-electron chi connectivity index (χ4n) is 2.26. The molecule has 1 aliphatic rings. The SMILES string of the molecule is Nc1nc(-c2ccccc2)c(CN2CCOCC2)s1. The van der Waals surface area contributed by atoms with Crippen LogP contribution in [0.2, 0.25) is 0 Å². The van der Waals surface area contributed by atoms with Crippen molar-refractivity contribution in [3.05, 3.63) is 35.2 Å². The van der Waals surface area contributed by atoms with Gasteiger partial charge in [0, 0.05) is 30.1 Å². The Hall–Kier alpha value is -1.43. The lowest BCUT2D eigenvalue weighted by Gasteiger charge is -2.26. The van der Waals surface area contributed by atoms with E-state index < -0.39 is 0 Å². The smallest absolute Gasteiger partial charge is 0.180 e. The van der Waals surface area contributed by atoms with Crippen LogP contribution in [0.15, 0.2) is 30.3 Å². The number of hydrogen-bond acceptors (Lipinski definition) is 5. The lowest BCUT2D eigenvalue weighted by atomic mass is 10.1. The van der Waals surface area contributed by atoms with E-state index >= 15 is 0 Å². The number of anilines is 1. The van der Waals surface area contributed by atoms with Crippen LogP contribution in [0.5, 0.6) is 0 Å². The zero-order chi connectivity index (χ0) is 13.1. The molecule has 0 radical (unpaired) electrons. The third-order valence-corrected chi connectivity index (χ3v) is 4.10. The maximum atomic E-state index is 5.89. The summed E-state index contributed by atoms with van der Waals surface area (Å²) in [4.78, 5) is 8.12. The molecule has 1 fully saturated rings. The summed E-state index contributed by atoms with van der Waals surface area (Å²) in [6, 6.07) is 10.2. The van der Waals surface area contributed by atoms with Crippen molar-refractivity contribution >= 4 is 16.5 Å². The summed E-state index contributed by atoms with van der Waals surface area (Å²) in [7, 11) is 0. The first-order chi connectivity index (χ1) is 9.33. The number of thiazole rings is 1. The van der Waals surface area contributed by atoms with Gasteiger partial charge in [-0.2, -0.15) is 0 Å². The zero-order valence-corrected chi connectivity index (χ0v) is 11.5. The molecule has 0 amide bonds. The average molecular weight is 275 g/mol. The molecule has 0 bridgehead atoms. The lowest BCUT2D eigenvalue weighted by molar-refractivity contribution is 0.0347. The van der Waals surface area contributed by atoms with Crippen molar-refractivity contribution in [2.75, 3.05) is 32.0 Å². The fourth-order valence-corrected chi connectivity index (χ4v) is 3.16. The van der Waals surface area contributed by atoms with Gasteiger partial charge in [0.15, 0.2) is 5.13 Å². The number of aromatic nitrogens is 1. The number of rotatable bonds is 3. The summed E-state index contributed by atoms with van der Waals surface area (Å²) in [6.45, 7) is 4.49. The van der Waals surface area contributed by atoms with Gasteiger partial charge in [-0.05, 0) is 0 Å². The maximum absolute atomic E-state index is 5.89. The summed E-state index contributed by atoms with van der Waals surface area (Å²) < 4.78 is 5.38. The molecular weight excluding hydrogens is 258 g/mol. The van der Waals surface area contributed by atoms with Crippen LogP contribution in [0.1, 0.15) is 4.88 Å². The third kappa shape index (κ3) is 2.94. The molecule has 0 aliphatic carbocycles. The average Bonchev–Trinajstić information content (AvgIpc) is 2.82. The molecule has 0 unspecified atom stereocenters. The first-order valence-corrected chi connectivity index (χ1v) is 7.25. The summed E-state index contributed by atoms with van der Waals surface area (Å²) >= 11 is 1.59. The molecule has 5 heteroatoms. The van der Waals surface area contributed by atoms with Crippen molar-refractivity contribution in [3.63, 3.8) is 0 Å². The highest BCUT2D eigenvalue weighted by Crippen LogP contribution is 2.30. The molecule has 100 valence electrons. The van der Waals surface area contributed by atoms with E-state index in [9.17, 15) is 0 Å². The second-order valence-electron chi connectivity index (χ2n) is 4.58. The molecule has 4 nitrogen and oxygen atoms in total. The Morgan fingerprint density at radius 1 is 1.21 bits per heavy atom. The van der Waals surface area contributed by atoms with Gasteiger partial charge in [0.05, 0.1) is 18.9 Å². The standard InChI is InChI=1S/C14H17N3OS/c15-14-16-13(11-4-2-1-3-5-11)12(19-14)10-17-6-8-18-9-7-17/h1-5H,6-10H2,(H2,15,16). The summed E-state index contributed by atoms with van der Waals surface area (Å²) in [5, 5.41) is 0.641. The fraction of sp³-hybridized carbons (Fsp3) is 0.357. The molecule has 1 aliphatic heterocycles. The Bertz CT molecular complexity index is 535. The molecule has 0 atom stereocenters. The van der Waals surface area contributed by atoms with Crippen molar-refractivity contribution < 1.29 is 4.74 Å². The largest absolute Gasteiger partial charge is 0.379 e. The minimum Gasteiger partial charge on any atom is -0.379 e. The first kappa shape index (κ1) is 12.6. The van der Waals surface area contributed by atoms with Gasteiger partial charge in [-0.3, -0.25) is 4.90 Å². The van der Waals surface area contributed by atoms with Crippen LogP contribution in [0, 0.1) is 0 Å². The summed E-state index contributed by atoms with van der Waals surface area (Å²) in [5.74, 6) is 0. The number of nitrogens with zero attached hydrogens (tertiary/aromatic N) is 2. The van der Waals surface area contributed by atoms with E-state index in [1.165, 1.54) is 4.88 Å². The Morgan fingerprint density at radius 3 is 2.68 bits per heavy atom. The maximum Gasteiger partial charge on any atom is 0.180 e. The lowest BCUT2D eigenvalue weighted by Crippen LogP contribution is -2.35. The van der Waals surface area contributed by atoms with E-state index in [1.54, 1.807) is 11.3 Å². The van der Waals surface area contributed by atoms with Crippen LogP contribution in [-0.2, 0) is 11.3 Å². The molecule has 2 aromatic rings. The van der Waals surface area contributed by atoms with Gasteiger partial charge in [0.2, 0.25) is 0 Å². The van der Waals surface area contributed by atoms with Gasteiger partial charge >= 0.3 is 0 Å². The molecular formula is C14H17N3OS. The van der Waals surface area contributed by atoms with Crippen molar-refractivity contribution in [1.29, 1.82) is 0 Å². The van der Waals surface area contributed by atoms with Crippen LogP contribution in [0.3, 0.4) is 0 Å². The number of nitrogen functional groups attached to an aromatic ring is 1. The number of benzene rings is 1. The Kier molecular flexibility index (Phi) is 3.77. The normalized spacial score (nSPS) is 16.6. The summed E-state index contributed by atoms with van der Waals surface area (Å²) in [5.41, 5.74) is 8.05. The van der Waals surface area contributed by atoms with Crippen LogP contribution in [0.4, 0.5) is 5.13 Å². The molecule has 1 saturated heterocycles. The van der Waals surface area contributed by atoms with Gasteiger partial charge in [-0.25, -0.2) is 4.98 Å². The van der Waals surface area contributed by atoms with E-state index in [0.29, 0.717) is 5.13 Å². The molecule has 3 rings (SSSR count). The van der Waals surface area contributed by atoms with E-state index in [2.05, 4.69) is 22.0 Å². The van der Waals surface area contributed by atoms with Crippen LogP contribution < -0.4 is 5.73 Å². The monoisotopic (exact) mass is 275 g/mol. The van der Waals surface area contributed by atoms with Crippen molar-refractivity contribution in [3.8, 4) is 11.3 Å².